The number of alkyl halides is 3. The van der Waals surface area contributed by atoms with Crippen molar-refractivity contribution >= 4 is 16.7 Å². The molecule has 0 aromatic heterocycles. The quantitative estimate of drug-likeness (QED) is 0.672. The summed E-state index contributed by atoms with van der Waals surface area (Å²) in [5.74, 6) is -0.377. The fourth-order valence-corrected chi connectivity index (χ4v) is 3.77. The number of benzene rings is 3. The molecule has 7 heteroatoms. The van der Waals surface area contributed by atoms with Crippen molar-refractivity contribution in [3.63, 3.8) is 0 Å². The highest BCUT2D eigenvalue weighted by Gasteiger charge is 2.39. The Balaban J connectivity index is 1.66. The van der Waals surface area contributed by atoms with Crippen LogP contribution in [0.15, 0.2) is 54.6 Å². The Morgan fingerprint density at radius 3 is 2.23 bits per heavy atom. The molecular formula is C23H20F3NO3. The van der Waals surface area contributed by atoms with Crippen LogP contribution in [-0.4, -0.2) is 41.7 Å². The highest BCUT2D eigenvalue weighted by molar-refractivity contribution is 5.99. The van der Waals surface area contributed by atoms with Crippen LogP contribution in [-0.2, 0) is 6.18 Å². The van der Waals surface area contributed by atoms with Crippen molar-refractivity contribution in [2.24, 2.45) is 0 Å². The van der Waals surface area contributed by atoms with Gasteiger partial charge in [0.15, 0.2) is 0 Å². The lowest BCUT2D eigenvalue weighted by molar-refractivity contribution is -0.138. The van der Waals surface area contributed by atoms with Crippen molar-refractivity contribution in [3.05, 3.63) is 65.7 Å². The zero-order valence-electron chi connectivity index (χ0n) is 16.5. The Kier molecular flexibility index (Phi) is 4.73. The van der Waals surface area contributed by atoms with Crippen molar-refractivity contribution in [2.75, 3.05) is 20.2 Å². The van der Waals surface area contributed by atoms with Gasteiger partial charge in [-0.25, -0.2) is 0 Å². The van der Waals surface area contributed by atoms with Gasteiger partial charge in [0, 0.05) is 5.56 Å². The Hall–Kier alpha value is -3.06. The highest BCUT2D eigenvalue weighted by Crippen LogP contribution is 2.39. The summed E-state index contributed by atoms with van der Waals surface area (Å²) < 4.78 is 44.8. The number of ether oxygens (including phenoxy) is 1. The van der Waals surface area contributed by atoms with Crippen molar-refractivity contribution in [1.82, 2.24) is 4.90 Å². The van der Waals surface area contributed by atoms with Gasteiger partial charge in [-0.3, -0.25) is 4.79 Å². The van der Waals surface area contributed by atoms with Crippen molar-refractivity contribution in [2.45, 2.75) is 18.7 Å². The topological polar surface area (TPSA) is 49.8 Å². The molecule has 0 aliphatic carbocycles. The first kappa shape index (κ1) is 20.2. The smallest absolute Gasteiger partial charge is 0.419 e. The largest absolute Gasteiger partial charge is 0.496 e. The average molecular weight is 415 g/mol. The van der Waals surface area contributed by atoms with Gasteiger partial charge in [-0.05, 0) is 59.2 Å². The molecule has 4 nitrogen and oxygen atoms in total. The van der Waals surface area contributed by atoms with E-state index in [9.17, 15) is 23.1 Å². The zero-order chi connectivity index (χ0) is 21.7. The van der Waals surface area contributed by atoms with E-state index in [0.29, 0.717) is 29.8 Å². The molecule has 0 unspecified atom stereocenters. The van der Waals surface area contributed by atoms with Gasteiger partial charge < -0.3 is 14.7 Å². The van der Waals surface area contributed by atoms with Gasteiger partial charge in [-0.2, -0.15) is 13.2 Å². The van der Waals surface area contributed by atoms with Crippen LogP contribution in [0.25, 0.3) is 21.9 Å². The maximum absolute atomic E-state index is 13.3. The molecule has 1 amide bonds. The molecular weight excluding hydrogens is 395 g/mol. The van der Waals surface area contributed by atoms with Crippen molar-refractivity contribution in [3.8, 4) is 16.9 Å². The number of amides is 1. The van der Waals surface area contributed by atoms with Gasteiger partial charge in [-0.1, -0.05) is 24.3 Å². The van der Waals surface area contributed by atoms with E-state index < -0.39 is 17.3 Å². The molecule has 0 spiro atoms. The fraction of sp³-hybridized carbons (Fsp3) is 0.261. The summed E-state index contributed by atoms with van der Waals surface area (Å²) in [5.41, 5.74) is -0.0975. The van der Waals surface area contributed by atoms with Crippen LogP contribution >= 0.6 is 0 Å². The van der Waals surface area contributed by atoms with E-state index in [0.717, 1.165) is 16.8 Å². The molecule has 0 atom stereocenters. The van der Waals surface area contributed by atoms with Crippen LogP contribution in [0, 0.1) is 0 Å². The molecule has 3 aromatic rings. The number of aliphatic hydroxyl groups is 1. The molecule has 1 heterocycles. The second kappa shape index (κ2) is 7.02. The van der Waals surface area contributed by atoms with Gasteiger partial charge in [0.05, 0.1) is 31.4 Å². The van der Waals surface area contributed by atoms with Gasteiger partial charge in [0.25, 0.3) is 5.91 Å². The lowest BCUT2D eigenvalue weighted by atomic mass is 9.95. The number of nitrogens with zero attached hydrogens (tertiary/aromatic N) is 1. The monoisotopic (exact) mass is 415 g/mol. The summed E-state index contributed by atoms with van der Waals surface area (Å²) in [7, 11) is 1.21. The minimum Gasteiger partial charge on any atom is -0.496 e. The average Bonchev–Trinajstić information content (AvgIpc) is 2.69. The number of fused-ring (bicyclic) bond motifs is 1. The van der Waals surface area contributed by atoms with E-state index in [1.54, 1.807) is 54.3 Å². The normalized spacial score (nSPS) is 15.7. The second-order valence-electron chi connectivity index (χ2n) is 7.85. The van der Waals surface area contributed by atoms with Crippen LogP contribution in [0.1, 0.15) is 22.8 Å². The van der Waals surface area contributed by atoms with Gasteiger partial charge in [0.2, 0.25) is 0 Å². The van der Waals surface area contributed by atoms with Gasteiger partial charge in [0.1, 0.15) is 5.75 Å². The van der Waals surface area contributed by atoms with E-state index in [2.05, 4.69) is 0 Å². The van der Waals surface area contributed by atoms with E-state index >= 15 is 0 Å². The van der Waals surface area contributed by atoms with Gasteiger partial charge >= 0.3 is 6.18 Å². The number of hydrogen-bond acceptors (Lipinski definition) is 3. The number of carbonyl (C=O) groups excluding carboxylic acids is 1. The number of halogens is 3. The number of likely N-dealkylation sites (tertiary alicyclic amines) is 1. The molecule has 1 N–H and O–H groups in total. The lowest BCUT2D eigenvalue weighted by Crippen LogP contribution is -2.61. The van der Waals surface area contributed by atoms with E-state index in [4.69, 9.17) is 4.74 Å². The van der Waals surface area contributed by atoms with Crippen LogP contribution in [0.5, 0.6) is 5.75 Å². The van der Waals surface area contributed by atoms with Crippen LogP contribution in [0.3, 0.4) is 0 Å². The highest BCUT2D eigenvalue weighted by atomic mass is 19.4. The SMILES string of the molecule is COc1ccc(-c2ccc3cc(C(=O)N4CC(C)(O)C4)ccc3c2)cc1C(F)(F)F. The Labute approximate surface area is 171 Å². The van der Waals surface area contributed by atoms with Crippen LogP contribution < -0.4 is 4.74 Å². The summed E-state index contributed by atoms with van der Waals surface area (Å²) in [5, 5.41) is 11.4. The minimum atomic E-state index is -4.52. The van der Waals surface area contributed by atoms with E-state index in [1.165, 1.54) is 13.2 Å². The van der Waals surface area contributed by atoms with Crippen molar-refractivity contribution in [1.29, 1.82) is 0 Å². The number of methoxy groups -OCH3 is 1. The molecule has 0 bridgehead atoms. The molecule has 0 radical (unpaired) electrons. The van der Waals surface area contributed by atoms with Gasteiger partial charge in [-0.15, -0.1) is 0 Å². The first-order valence-corrected chi connectivity index (χ1v) is 9.38. The third kappa shape index (κ3) is 3.73. The molecule has 30 heavy (non-hydrogen) atoms. The molecule has 1 fully saturated rings. The molecule has 156 valence electrons. The molecule has 4 rings (SSSR count). The first-order valence-electron chi connectivity index (χ1n) is 9.38. The molecule has 1 saturated heterocycles. The van der Waals surface area contributed by atoms with E-state index in [1.807, 2.05) is 0 Å². The maximum Gasteiger partial charge on any atom is 0.419 e. The third-order valence-electron chi connectivity index (χ3n) is 5.28. The number of hydrogen-bond donors (Lipinski definition) is 1. The second-order valence-corrected chi connectivity index (χ2v) is 7.85. The Morgan fingerprint density at radius 2 is 1.60 bits per heavy atom. The summed E-state index contributed by atoms with van der Waals surface area (Å²) in [6.07, 6.45) is -4.52. The number of rotatable bonds is 3. The minimum absolute atomic E-state index is 0.155. The molecule has 0 saturated carbocycles. The molecule has 3 aromatic carbocycles. The Morgan fingerprint density at radius 1 is 1.00 bits per heavy atom. The maximum atomic E-state index is 13.3. The number of β-amino-alcohol motifs (C(OH)–C–C–N with tert-alkyl or cyclic N) is 1. The predicted octanol–water partition coefficient (Wildman–Crippen LogP) is 4.74. The Bertz CT molecular complexity index is 1130. The standard InChI is InChI=1S/C23H20F3NO3/c1-22(29)12-27(13-22)21(28)18-6-5-14-9-15(3-4-16(14)10-18)17-7-8-20(30-2)19(11-17)23(24,25)26/h3-11,29H,12-13H2,1-2H3. The predicted molar refractivity (Wildman–Crippen MR) is 107 cm³/mol. The van der Waals surface area contributed by atoms with Crippen LogP contribution in [0.2, 0.25) is 0 Å². The summed E-state index contributed by atoms with van der Waals surface area (Å²) in [6, 6.07) is 14.5. The lowest BCUT2D eigenvalue weighted by Gasteiger charge is -2.44. The fourth-order valence-electron chi connectivity index (χ4n) is 3.77. The van der Waals surface area contributed by atoms with Crippen molar-refractivity contribution < 1.29 is 27.8 Å². The summed E-state index contributed by atoms with van der Waals surface area (Å²) in [4.78, 5) is 14.1. The first-order chi connectivity index (χ1) is 14.1. The van der Waals surface area contributed by atoms with E-state index in [-0.39, 0.29) is 11.7 Å². The summed E-state index contributed by atoms with van der Waals surface area (Å²) >= 11 is 0. The zero-order valence-corrected chi connectivity index (χ0v) is 16.5. The van der Waals surface area contributed by atoms with Crippen LogP contribution in [0.4, 0.5) is 13.2 Å². The number of carbonyl (C=O) groups is 1. The summed E-state index contributed by atoms with van der Waals surface area (Å²) in [6.45, 7) is 2.27. The molecule has 1 aliphatic heterocycles. The third-order valence-corrected chi connectivity index (χ3v) is 5.28. The molecule has 1 aliphatic rings.